The van der Waals surface area contributed by atoms with E-state index in [1.807, 2.05) is 27.1 Å². The minimum atomic E-state index is 0.844. The third-order valence-electron chi connectivity index (χ3n) is 1.42. The third-order valence-corrected chi connectivity index (χ3v) is 1.42. The second-order valence-electron chi connectivity index (χ2n) is 2.92. The first kappa shape index (κ1) is 10.1. The van der Waals surface area contributed by atoms with Gasteiger partial charge in [-0.15, -0.1) is 0 Å². The summed E-state index contributed by atoms with van der Waals surface area (Å²) in [5, 5.41) is 0. The second kappa shape index (κ2) is 4.83. The van der Waals surface area contributed by atoms with Gasteiger partial charge in [0.2, 0.25) is 0 Å². The maximum absolute atomic E-state index is 5.51. The molecule has 11 heavy (non-hydrogen) atoms. The van der Waals surface area contributed by atoms with Gasteiger partial charge in [0.1, 0.15) is 0 Å². The average Bonchev–Trinajstić information content (AvgIpc) is 1.85. The van der Waals surface area contributed by atoms with Crippen molar-refractivity contribution in [3.8, 4) is 0 Å². The highest BCUT2D eigenvalue weighted by atomic mass is 15.1. The van der Waals surface area contributed by atoms with Gasteiger partial charge in [-0.25, -0.2) is 0 Å². The molecule has 0 fully saturated rings. The molecule has 0 heterocycles. The van der Waals surface area contributed by atoms with Gasteiger partial charge in [0.05, 0.1) is 0 Å². The van der Waals surface area contributed by atoms with Crippen LogP contribution in [0.4, 0.5) is 0 Å². The first-order valence-electron chi connectivity index (χ1n) is 3.82. The molecule has 0 aliphatic carbocycles. The molecule has 0 aromatic carbocycles. The Morgan fingerprint density at radius 3 is 2.36 bits per heavy atom. The molecule has 0 atom stereocenters. The second-order valence-corrected chi connectivity index (χ2v) is 2.92. The molecular formula is C9H18N2. The van der Waals surface area contributed by atoms with Crippen LogP contribution in [0.2, 0.25) is 0 Å². The quantitative estimate of drug-likeness (QED) is 0.627. The number of likely N-dealkylation sites (N-methyl/N-ethyl adjacent to an activating group) is 1. The molecule has 2 N–H and O–H groups in total. The summed E-state index contributed by atoms with van der Waals surface area (Å²) >= 11 is 0. The van der Waals surface area contributed by atoms with Crippen molar-refractivity contribution < 1.29 is 0 Å². The van der Waals surface area contributed by atoms with Crippen LogP contribution in [0, 0.1) is 0 Å². The van der Waals surface area contributed by atoms with E-state index in [0.717, 1.165) is 12.2 Å². The van der Waals surface area contributed by atoms with E-state index in [1.54, 1.807) is 0 Å². The van der Waals surface area contributed by atoms with Crippen LogP contribution >= 0.6 is 0 Å². The van der Waals surface area contributed by atoms with Crippen LogP contribution in [0.1, 0.15) is 20.8 Å². The summed E-state index contributed by atoms with van der Waals surface area (Å²) in [6.07, 6.45) is 4.04. The summed E-state index contributed by atoms with van der Waals surface area (Å²) in [6, 6.07) is 0. The largest absolute Gasteiger partial charge is 0.401 e. The fourth-order valence-corrected chi connectivity index (χ4v) is 0.878. The Hall–Kier alpha value is -0.920. The fourth-order valence-electron chi connectivity index (χ4n) is 0.878. The van der Waals surface area contributed by atoms with Gasteiger partial charge < -0.3 is 10.6 Å². The van der Waals surface area contributed by atoms with E-state index in [-0.39, 0.29) is 0 Å². The van der Waals surface area contributed by atoms with Gasteiger partial charge in [-0.3, -0.25) is 0 Å². The van der Waals surface area contributed by atoms with E-state index in [1.165, 1.54) is 5.57 Å². The van der Waals surface area contributed by atoms with E-state index in [2.05, 4.69) is 17.9 Å². The van der Waals surface area contributed by atoms with Crippen LogP contribution in [0.5, 0.6) is 0 Å². The maximum Gasteiger partial charge on any atom is 0.0378 e. The van der Waals surface area contributed by atoms with E-state index in [9.17, 15) is 0 Å². The molecule has 2 heteroatoms. The Balaban J connectivity index is 3.88. The monoisotopic (exact) mass is 154 g/mol. The lowest BCUT2D eigenvalue weighted by atomic mass is 10.3. The van der Waals surface area contributed by atoms with Gasteiger partial charge in [-0.2, -0.15) is 0 Å². The Morgan fingerprint density at radius 2 is 2.00 bits per heavy atom. The zero-order valence-electron chi connectivity index (χ0n) is 7.89. The summed E-state index contributed by atoms with van der Waals surface area (Å²) < 4.78 is 0. The molecule has 0 aliphatic rings. The average molecular weight is 154 g/mol. The predicted molar refractivity (Wildman–Crippen MR) is 50.0 cm³/mol. The SMILES string of the molecule is C/C=C(\C)CN(C)/C=C(\C)N. The van der Waals surface area contributed by atoms with Crippen LogP contribution in [-0.2, 0) is 0 Å². The third kappa shape index (κ3) is 5.52. The number of allylic oxidation sites excluding steroid dienone is 2. The highest BCUT2D eigenvalue weighted by Crippen LogP contribution is 1.96. The van der Waals surface area contributed by atoms with Crippen LogP contribution in [0.15, 0.2) is 23.5 Å². The van der Waals surface area contributed by atoms with Crippen molar-refractivity contribution in [3.05, 3.63) is 23.5 Å². The Labute approximate surface area is 69.4 Å². The standard InChI is InChI=1S/C9H18N2/c1-5-8(2)6-11(4)7-9(3)10/h5,7H,6,10H2,1-4H3/b8-5+,9-7+. The molecule has 0 spiro atoms. The van der Waals surface area contributed by atoms with Crippen molar-refractivity contribution in [2.75, 3.05) is 13.6 Å². The fraction of sp³-hybridized carbons (Fsp3) is 0.556. The molecule has 0 rings (SSSR count). The molecular weight excluding hydrogens is 136 g/mol. The predicted octanol–water partition coefficient (Wildman–Crippen LogP) is 1.70. The molecule has 0 unspecified atom stereocenters. The van der Waals surface area contributed by atoms with Crippen molar-refractivity contribution >= 4 is 0 Å². The van der Waals surface area contributed by atoms with Gasteiger partial charge in [0.25, 0.3) is 0 Å². The van der Waals surface area contributed by atoms with Crippen LogP contribution in [0.3, 0.4) is 0 Å². The van der Waals surface area contributed by atoms with Crippen LogP contribution in [0.25, 0.3) is 0 Å². The minimum absolute atomic E-state index is 0.844. The summed E-state index contributed by atoms with van der Waals surface area (Å²) in [6.45, 7) is 6.99. The van der Waals surface area contributed by atoms with E-state index < -0.39 is 0 Å². The molecule has 0 aromatic heterocycles. The lowest BCUT2D eigenvalue weighted by molar-refractivity contribution is 0.491. The topological polar surface area (TPSA) is 29.3 Å². The van der Waals surface area contributed by atoms with Crippen molar-refractivity contribution in [1.82, 2.24) is 4.90 Å². The summed E-state index contributed by atoms with van der Waals surface area (Å²) in [5.41, 5.74) is 7.71. The summed E-state index contributed by atoms with van der Waals surface area (Å²) in [5.74, 6) is 0. The zero-order valence-corrected chi connectivity index (χ0v) is 7.89. The van der Waals surface area contributed by atoms with Crippen molar-refractivity contribution in [2.24, 2.45) is 5.73 Å². The molecule has 0 aliphatic heterocycles. The maximum atomic E-state index is 5.51. The molecule has 0 amide bonds. The smallest absolute Gasteiger partial charge is 0.0378 e. The lowest BCUT2D eigenvalue weighted by Crippen LogP contribution is -2.15. The molecule has 0 saturated carbocycles. The first-order valence-corrected chi connectivity index (χ1v) is 3.82. The number of nitrogens with two attached hydrogens (primary N) is 1. The Kier molecular flexibility index (Phi) is 4.42. The number of hydrogen-bond acceptors (Lipinski definition) is 2. The number of hydrogen-bond donors (Lipinski definition) is 1. The molecule has 0 aromatic rings. The van der Waals surface area contributed by atoms with Crippen molar-refractivity contribution in [1.29, 1.82) is 0 Å². The Bertz CT molecular complexity index is 164. The van der Waals surface area contributed by atoms with Crippen LogP contribution < -0.4 is 5.73 Å². The molecule has 64 valence electrons. The highest BCUT2D eigenvalue weighted by molar-refractivity contribution is 5.01. The summed E-state index contributed by atoms with van der Waals surface area (Å²) in [4.78, 5) is 2.07. The molecule has 0 saturated heterocycles. The normalized spacial score (nSPS) is 13.5. The van der Waals surface area contributed by atoms with Crippen molar-refractivity contribution in [3.63, 3.8) is 0 Å². The summed E-state index contributed by atoms with van der Waals surface area (Å²) in [7, 11) is 2.02. The number of nitrogens with zero attached hydrogens (tertiary/aromatic N) is 1. The van der Waals surface area contributed by atoms with E-state index >= 15 is 0 Å². The van der Waals surface area contributed by atoms with Gasteiger partial charge in [-0.1, -0.05) is 11.6 Å². The number of rotatable bonds is 3. The molecule has 2 nitrogen and oxygen atoms in total. The zero-order chi connectivity index (χ0) is 8.85. The van der Waals surface area contributed by atoms with Gasteiger partial charge in [-0.05, 0) is 20.8 Å². The van der Waals surface area contributed by atoms with Gasteiger partial charge >= 0.3 is 0 Å². The van der Waals surface area contributed by atoms with Crippen molar-refractivity contribution in [2.45, 2.75) is 20.8 Å². The molecule has 0 radical (unpaired) electrons. The minimum Gasteiger partial charge on any atom is -0.401 e. The van der Waals surface area contributed by atoms with E-state index in [4.69, 9.17) is 5.73 Å². The first-order chi connectivity index (χ1) is 5.06. The van der Waals surface area contributed by atoms with Crippen LogP contribution in [-0.4, -0.2) is 18.5 Å². The Morgan fingerprint density at radius 1 is 1.45 bits per heavy atom. The van der Waals surface area contributed by atoms with Gasteiger partial charge in [0, 0.05) is 25.5 Å². The highest BCUT2D eigenvalue weighted by Gasteiger charge is 1.92. The molecule has 0 bridgehead atoms. The van der Waals surface area contributed by atoms with Gasteiger partial charge in [0.15, 0.2) is 0 Å². The lowest BCUT2D eigenvalue weighted by Gasteiger charge is -2.14. The van der Waals surface area contributed by atoms with E-state index in [0.29, 0.717) is 0 Å².